The predicted molar refractivity (Wildman–Crippen MR) is 75.9 cm³/mol. The van der Waals surface area contributed by atoms with E-state index in [1.54, 1.807) is 0 Å². The zero-order valence-corrected chi connectivity index (χ0v) is 11.5. The maximum atomic E-state index is 6.00. The van der Waals surface area contributed by atoms with Gasteiger partial charge in [-0.2, -0.15) is 0 Å². The van der Waals surface area contributed by atoms with Crippen LogP contribution in [0.2, 0.25) is 5.02 Å². The van der Waals surface area contributed by atoms with Gasteiger partial charge in [0, 0.05) is 23.7 Å². The Kier molecular flexibility index (Phi) is 3.88. The highest BCUT2D eigenvalue weighted by atomic mass is 35.5. The molecule has 0 bridgehead atoms. The highest BCUT2D eigenvalue weighted by molar-refractivity contribution is 6.30. The van der Waals surface area contributed by atoms with Crippen LogP contribution in [0.25, 0.3) is 0 Å². The molecule has 0 aliphatic carbocycles. The Balaban J connectivity index is 1.51. The molecule has 0 aromatic heterocycles. The third kappa shape index (κ3) is 2.87. The smallest absolute Gasteiger partial charge is 0.0409 e. The fraction of sp³-hybridized carbons (Fsp3) is 0.600. The van der Waals surface area contributed by atoms with E-state index in [2.05, 4.69) is 22.3 Å². The first-order chi connectivity index (χ1) is 8.81. The first-order valence-corrected chi connectivity index (χ1v) is 7.41. The third-order valence-electron chi connectivity index (χ3n) is 4.30. The van der Waals surface area contributed by atoms with Crippen LogP contribution in [0.3, 0.4) is 0 Å². The molecule has 2 atom stereocenters. The lowest BCUT2D eigenvalue weighted by Crippen LogP contribution is -2.45. The van der Waals surface area contributed by atoms with E-state index in [0.29, 0.717) is 6.04 Å². The second kappa shape index (κ2) is 5.60. The molecule has 0 radical (unpaired) electrons. The summed E-state index contributed by atoms with van der Waals surface area (Å²) < 4.78 is 0. The fourth-order valence-electron chi connectivity index (χ4n) is 3.32. The molecule has 2 heterocycles. The SMILES string of the molecule is Clc1cccc(CNC2CCN3CCCC3C2)c1. The molecular formula is C15H21ClN2. The first kappa shape index (κ1) is 12.5. The summed E-state index contributed by atoms with van der Waals surface area (Å²) in [6.45, 7) is 3.54. The van der Waals surface area contributed by atoms with Crippen molar-refractivity contribution in [3.8, 4) is 0 Å². The second-order valence-corrected chi connectivity index (χ2v) is 6.00. The van der Waals surface area contributed by atoms with Gasteiger partial charge in [0.1, 0.15) is 0 Å². The van der Waals surface area contributed by atoms with Crippen molar-refractivity contribution >= 4 is 11.6 Å². The van der Waals surface area contributed by atoms with Gasteiger partial charge in [-0.1, -0.05) is 23.7 Å². The standard InChI is InChI=1S/C15H21ClN2/c16-13-4-1-3-12(9-13)11-17-14-6-8-18-7-2-5-15(18)10-14/h1,3-4,9,14-15,17H,2,5-8,10-11H2. The number of nitrogens with one attached hydrogen (secondary N) is 1. The zero-order chi connectivity index (χ0) is 12.4. The number of halogens is 1. The van der Waals surface area contributed by atoms with Crippen molar-refractivity contribution in [1.82, 2.24) is 10.2 Å². The van der Waals surface area contributed by atoms with Gasteiger partial charge < -0.3 is 10.2 Å². The summed E-state index contributed by atoms with van der Waals surface area (Å²) in [4.78, 5) is 2.66. The molecule has 2 aliphatic rings. The van der Waals surface area contributed by atoms with Crippen LogP contribution in [0, 0.1) is 0 Å². The van der Waals surface area contributed by atoms with E-state index < -0.39 is 0 Å². The normalized spacial score (nSPS) is 28.3. The summed E-state index contributed by atoms with van der Waals surface area (Å²) >= 11 is 6.00. The molecule has 3 heteroatoms. The third-order valence-corrected chi connectivity index (χ3v) is 4.54. The van der Waals surface area contributed by atoms with E-state index in [1.165, 1.54) is 44.3 Å². The van der Waals surface area contributed by atoms with Gasteiger partial charge in [-0.25, -0.2) is 0 Å². The molecule has 0 spiro atoms. The Morgan fingerprint density at radius 2 is 2.22 bits per heavy atom. The van der Waals surface area contributed by atoms with Crippen LogP contribution < -0.4 is 5.32 Å². The number of piperidine rings is 1. The van der Waals surface area contributed by atoms with Crippen LogP contribution in [0.1, 0.15) is 31.2 Å². The van der Waals surface area contributed by atoms with Gasteiger partial charge in [-0.05, 0) is 56.5 Å². The van der Waals surface area contributed by atoms with Gasteiger partial charge in [-0.3, -0.25) is 0 Å². The van der Waals surface area contributed by atoms with Gasteiger partial charge in [0.15, 0.2) is 0 Å². The summed E-state index contributed by atoms with van der Waals surface area (Å²) in [5, 5.41) is 4.53. The predicted octanol–water partition coefficient (Wildman–Crippen LogP) is 3.06. The van der Waals surface area contributed by atoms with Crippen molar-refractivity contribution in [2.24, 2.45) is 0 Å². The molecule has 2 nitrogen and oxygen atoms in total. The monoisotopic (exact) mass is 264 g/mol. The van der Waals surface area contributed by atoms with Gasteiger partial charge >= 0.3 is 0 Å². The molecule has 0 saturated carbocycles. The summed E-state index contributed by atoms with van der Waals surface area (Å²) in [7, 11) is 0. The molecule has 2 saturated heterocycles. The Labute approximate surface area is 114 Å². The van der Waals surface area contributed by atoms with Crippen molar-refractivity contribution in [2.45, 2.75) is 44.3 Å². The van der Waals surface area contributed by atoms with Crippen LogP contribution in [-0.4, -0.2) is 30.1 Å². The minimum Gasteiger partial charge on any atom is -0.310 e. The van der Waals surface area contributed by atoms with Crippen LogP contribution in [0.4, 0.5) is 0 Å². The Bertz CT molecular complexity index is 407. The summed E-state index contributed by atoms with van der Waals surface area (Å²) in [6.07, 6.45) is 5.40. The van der Waals surface area contributed by atoms with Crippen molar-refractivity contribution in [1.29, 1.82) is 0 Å². The van der Waals surface area contributed by atoms with E-state index in [-0.39, 0.29) is 0 Å². The Morgan fingerprint density at radius 3 is 3.11 bits per heavy atom. The van der Waals surface area contributed by atoms with Crippen molar-refractivity contribution in [3.63, 3.8) is 0 Å². The van der Waals surface area contributed by atoms with Crippen LogP contribution in [0.15, 0.2) is 24.3 Å². The maximum absolute atomic E-state index is 6.00. The van der Waals surface area contributed by atoms with Crippen molar-refractivity contribution < 1.29 is 0 Å². The molecular weight excluding hydrogens is 244 g/mol. The van der Waals surface area contributed by atoms with Crippen LogP contribution in [0.5, 0.6) is 0 Å². The number of nitrogens with zero attached hydrogens (tertiary/aromatic N) is 1. The summed E-state index contributed by atoms with van der Waals surface area (Å²) in [5.74, 6) is 0. The lowest BCUT2D eigenvalue weighted by Gasteiger charge is -2.35. The van der Waals surface area contributed by atoms with Gasteiger partial charge in [0.05, 0.1) is 0 Å². The first-order valence-electron chi connectivity index (χ1n) is 7.03. The summed E-state index contributed by atoms with van der Waals surface area (Å²) in [6, 6.07) is 9.68. The molecule has 2 unspecified atom stereocenters. The van der Waals surface area contributed by atoms with E-state index in [4.69, 9.17) is 11.6 Å². The lowest BCUT2D eigenvalue weighted by molar-refractivity contribution is 0.166. The quantitative estimate of drug-likeness (QED) is 0.903. The van der Waals surface area contributed by atoms with Crippen LogP contribution in [-0.2, 0) is 6.54 Å². The average molecular weight is 265 g/mol. The fourth-order valence-corrected chi connectivity index (χ4v) is 3.53. The zero-order valence-electron chi connectivity index (χ0n) is 10.7. The topological polar surface area (TPSA) is 15.3 Å². The Morgan fingerprint density at radius 1 is 1.28 bits per heavy atom. The number of hydrogen-bond acceptors (Lipinski definition) is 2. The minimum atomic E-state index is 0.684. The molecule has 18 heavy (non-hydrogen) atoms. The summed E-state index contributed by atoms with van der Waals surface area (Å²) in [5.41, 5.74) is 1.29. The highest BCUT2D eigenvalue weighted by Crippen LogP contribution is 2.27. The molecule has 98 valence electrons. The lowest BCUT2D eigenvalue weighted by atomic mass is 9.97. The second-order valence-electron chi connectivity index (χ2n) is 5.56. The van der Waals surface area contributed by atoms with Crippen molar-refractivity contribution in [3.05, 3.63) is 34.9 Å². The minimum absolute atomic E-state index is 0.684. The highest BCUT2D eigenvalue weighted by Gasteiger charge is 2.31. The number of rotatable bonds is 3. The van der Waals surface area contributed by atoms with E-state index >= 15 is 0 Å². The molecule has 2 fully saturated rings. The van der Waals surface area contributed by atoms with E-state index in [0.717, 1.165) is 17.6 Å². The maximum Gasteiger partial charge on any atom is 0.0409 e. The number of benzene rings is 1. The average Bonchev–Trinajstić information content (AvgIpc) is 2.84. The van der Waals surface area contributed by atoms with Gasteiger partial charge in [0.25, 0.3) is 0 Å². The molecule has 0 amide bonds. The molecule has 3 rings (SSSR count). The van der Waals surface area contributed by atoms with E-state index in [9.17, 15) is 0 Å². The van der Waals surface area contributed by atoms with Gasteiger partial charge in [0.2, 0.25) is 0 Å². The molecule has 1 aromatic rings. The number of hydrogen-bond donors (Lipinski definition) is 1. The van der Waals surface area contributed by atoms with Crippen molar-refractivity contribution in [2.75, 3.05) is 13.1 Å². The molecule has 1 aromatic carbocycles. The largest absolute Gasteiger partial charge is 0.310 e. The Hall–Kier alpha value is -0.570. The van der Waals surface area contributed by atoms with E-state index in [1.807, 2.05) is 12.1 Å². The number of fused-ring (bicyclic) bond motifs is 1. The molecule has 2 aliphatic heterocycles. The van der Waals surface area contributed by atoms with Crippen LogP contribution >= 0.6 is 11.6 Å². The molecule has 1 N–H and O–H groups in total. The van der Waals surface area contributed by atoms with Gasteiger partial charge in [-0.15, -0.1) is 0 Å².